The molecule has 0 aliphatic rings. The summed E-state index contributed by atoms with van der Waals surface area (Å²) >= 11 is 3.14. The molecule has 3 nitrogen and oxygen atoms in total. The first kappa shape index (κ1) is 13.2. The minimum atomic E-state index is -4.24. The maximum atomic E-state index is 12.3. The first-order valence-electron chi connectivity index (χ1n) is 4.71. The Morgan fingerprint density at radius 1 is 1.44 bits per heavy atom. The molecule has 1 heterocycles. The van der Waals surface area contributed by atoms with E-state index in [9.17, 15) is 13.2 Å². The van der Waals surface area contributed by atoms with Crippen molar-refractivity contribution in [1.82, 2.24) is 9.97 Å². The smallest absolute Gasteiger partial charge is 0.346 e. The van der Waals surface area contributed by atoms with Crippen LogP contribution in [0.25, 0.3) is 0 Å². The molecule has 0 N–H and O–H groups in total. The first-order valence-corrected chi connectivity index (χ1v) is 5.50. The van der Waals surface area contributed by atoms with Crippen LogP contribution in [0.1, 0.15) is 13.3 Å². The Labute approximate surface area is 99.8 Å². The van der Waals surface area contributed by atoms with E-state index in [4.69, 9.17) is 0 Å². The first-order chi connectivity index (χ1) is 7.44. The van der Waals surface area contributed by atoms with Crippen molar-refractivity contribution in [1.29, 1.82) is 0 Å². The van der Waals surface area contributed by atoms with Crippen LogP contribution in [0.3, 0.4) is 0 Å². The van der Waals surface area contributed by atoms with E-state index < -0.39 is 12.7 Å². The number of halogens is 4. The van der Waals surface area contributed by atoms with E-state index >= 15 is 0 Å². The van der Waals surface area contributed by atoms with Gasteiger partial charge in [-0.15, -0.1) is 0 Å². The topological polar surface area (TPSA) is 29.0 Å². The molecule has 0 aliphatic heterocycles. The maximum absolute atomic E-state index is 12.3. The molecule has 0 bridgehead atoms. The van der Waals surface area contributed by atoms with Gasteiger partial charge in [0.05, 0.1) is 4.47 Å². The van der Waals surface area contributed by atoms with Crippen molar-refractivity contribution in [3.8, 4) is 0 Å². The third-order valence-corrected chi connectivity index (χ3v) is 2.37. The second kappa shape index (κ2) is 5.47. The van der Waals surface area contributed by atoms with E-state index in [2.05, 4.69) is 25.9 Å². The van der Waals surface area contributed by atoms with Gasteiger partial charge in [0.1, 0.15) is 18.7 Å². The van der Waals surface area contributed by atoms with E-state index in [1.807, 2.05) is 6.92 Å². The molecule has 0 saturated carbocycles. The molecule has 0 saturated heterocycles. The van der Waals surface area contributed by atoms with Gasteiger partial charge in [-0.25, -0.2) is 9.97 Å². The highest BCUT2D eigenvalue weighted by molar-refractivity contribution is 9.10. The van der Waals surface area contributed by atoms with Crippen molar-refractivity contribution in [2.75, 3.05) is 18.0 Å². The van der Waals surface area contributed by atoms with Gasteiger partial charge in [0.25, 0.3) is 0 Å². The van der Waals surface area contributed by atoms with Gasteiger partial charge in [-0.05, 0) is 22.4 Å². The fourth-order valence-corrected chi connectivity index (χ4v) is 1.76. The van der Waals surface area contributed by atoms with Gasteiger partial charge in [0.2, 0.25) is 0 Å². The van der Waals surface area contributed by atoms with Gasteiger partial charge >= 0.3 is 6.18 Å². The van der Waals surface area contributed by atoms with Crippen molar-refractivity contribution < 1.29 is 13.2 Å². The Morgan fingerprint density at radius 3 is 2.62 bits per heavy atom. The summed E-state index contributed by atoms with van der Waals surface area (Å²) in [6.45, 7) is 1.12. The lowest BCUT2D eigenvalue weighted by atomic mass is 10.4. The van der Waals surface area contributed by atoms with Crippen LogP contribution in [0, 0.1) is 0 Å². The largest absolute Gasteiger partial charge is 0.405 e. The van der Waals surface area contributed by atoms with Crippen LogP contribution in [0.5, 0.6) is 0 Å². The van der Waals surface area contributed by atoms with Crippen molar-refractivity contribution in [3.63, 3.8) is 0 Å². The lowest BCUT2D eigenvalue weighted by Crippen LogP contribution is -2.35. The van der Waals surface area contributed by atoms with E-state index in [1.54, 1.807) is 0 Å². The fraction of sp³-hybridized carbons (Fsp3) is 0.556. The highest BCUT2D eigenvalue weighted by Crippen LogP contribution is 2.26. The number of hydrogen-bond donors (Lipinski definition) is 0. The summed E-state index contributed by atoms with van der Waals surface area (Å²) < 4.78 is 37.5. The summed E-state index contributed by atoms with van der Waals surface area (Å²) in [7, 11) is 0. The summed E-state index contributed by atoms with van der Waals surface area (Å²) in [5.74, 6) is 0.272. The fourth-order valence-electron chi connectivity index (χ4n) is 1.29. The average molecular weight is 298 g/mol. The Kier molecular flexibility index (Phi) is 4.52. The summed E-state index contributed by atoms with van der Waals surface area (Å²) in [5.41, 5.74) is 0. The van der Waals surface area contributed by atoms with Crippen LogP contribution < -0.4 is 4.90 Å². The third-order valence-electron chi connectivity index (χ3n) is 1.81. The quantitative estimate of drug-likeness (QED) is 0.855. The summed E-state index contributed by atoms with van der Waals surface area (Å²) in [4.78, 5) is 8.75. The lowest BCUT2D eigenvalue weighted by Gasteiger charge is -2.24. The molecule has 1 aromatic rings. The van der Waals surface area contributed by atoms with E-state index in [0.29, 0.717) is 17.4 Å². The normalized spacial score (nSPS) is 11.6. The molecule has 0 amide bonds. The number of hydrogen-bond acceptors (Lipinski definition) is 3. The van der Waals surface area contributed by atoms with Crippen LogP contribution in [0.4, 0.5) is 19.0 Å². The van der Waals surface area contributed by atoms with Crippen molar-refractivity contribution >= 4 is 21.7 Å². The minimum Gasteiger partial charge on any atom is -0.346 e. The molecule has 1 aromatic heterocycles. The molecule has 7 heteroatoms. The zero-order chi connectivity index (χ0) is 12.2. The highest BCUT2D eigenvalue weighted by Gasteiger charge is 2.31. The summed E-state index contributed by atoms with van der Waals surface area (Å²) in [6, 6.07) is 0. The Balaban J connectivity index is 2.89. The van der Waals surface area contributed by atoms with Gasteiger partial charge in [-0.3, -0.25) is 0 Å². The van der Waals surface area contributed by atoms with Crippen LogP contribution in [-0.2, 0) is 0 Å². The number of aromatic nitrogens is 2. The molecule has 0 unspecified atom stereocenters. The molecular formula is C9H11BrF3N3. The van der Waals surface area contributed by atoms with Crippen LogP contribution in [-0.4, -0.2) is 29.2 Å². The van der Waals surface area contributed by atoms with Crippen LogP contribution in [0.15, 0.2) is 17.0 Å². The monoisotopic (exact) mass is 297 g/mol. The molecule has 90 valence electrons. The van der Waals surface area contributed by atoms with Crippen molar-refractivity contribution in [2.24, 2.45) is 0 Å². The number of anilines is 1. The van der Waals surface area contributed by atoms with Gasteiger partial charge in [-0.2, -0.15) is 13.2 Å². The molecule has 0 radical (unpaired) electrons. The average Bonchev–Trinajstić information content (AvgIpc) is 2.16. The zero-order valence-electron chi connectivity index (χ0n) is 8.63. The minimum absolute atomic E-state index is 0.272. The molecule has 16 heavy (non-hydrogen) atoms. The van der Waals surface area contributed by atoms with Gasteiger partial charge in [0, 0.05) is 12.7 Å². The highest BCUT2D eigenvalue weighted by atomic mass is 79.9. The Bertz CT molecular complexity index is 343. The van der Waals surface area contributed by atoms with Crippen LogP contribution in [0.2, 0.25) is 0 Å². The molecule has 1 rings (SSSR count). The molecule has 0 aliphatic carbocycles. The molecule has 0 fully saturated rings. The van der Waals surface area contributed by atoms with E-state index in [1.165, 1.54) is 17.4 Å². The van der Waals surface area contributed by atoms with Crippen molar-refractivity contribution in [2.45, 2.75) is 19.5 Å². The molecule has 0 atom stereocenters. The van der Waals surface area contributed by atoms with Gasteiger partial charge in [-0.1, -0.05) is 6.92 Å². The van der Waals surface area contributed by atoms with Crippen LogP contribution >= 0.6 is 15.9 Å². The standard InChI is InChI=1S/C9H11BrF3N3/c1-2-3-16(5-9(11,12)13)8-7(10)4-14-6-15-8/h4,6H,2-3,5H2,1H3. The molecular weight excluding hydrogens is 287 g/mol. The second-order valence-corrected chi connectivity index (χ2v) is 4.09. The van der Waals surface area contributed by atoms with Crippen molar-refractivity contribution in [3.05, 3.63) is 17.0 Å². The third kappa shape index (κ3) is 3.96. The zero-order valence-corrected chi connectivity index (χ0v) is 10.2. The van der Waals surface area contributed by atoms with Gasteiger partial charge < -0.3 is 4.90 Å². The Morgan fingerprint density at radius 2 is 2.12 bits per heavy atom. The molecule has 0 aromatic carbocycles. The SMILES string of the molecule is CCCN(CC(F)(F)F)c1ncncc1Br. The predicted octanol–water partition coefficient (Wildman–Crippen LogP) is 3.02. The number of nitrogens with zero attached hydrogens (tertiary/aromatic N) is 3. The maximum Gasteiger partial charge on any atom is 0.405 e. The van der Waals surface area contributed by atoms with E-state index in [-0.39, 0.29) is 5.82 Å². The summed E-state index contributed by atoms with van der Waals surface area (Å²) in [5, 5.41) is 0. The predicted molar refractivity (Wildman–Crippen MR) is 58.3 cm³/mol. The molecule has 0 spiro atoms. The summed E-state index contributed by atoms with van der Waals surface area (Å²) in [6.07, 6.45) is -0.952. The Hall–Kier alpha value is -0.850. The second-order valence-electron chi connectivity index (χ2n) is 3.23. The van der Waals surface area contributed by atoms with E-state index in [0.717, 1.165) is 0 Å². The number of rotatable bonds is 4. The number of alkyl halides is 3. The van der Waals surface area contributed by atoms with Gasteiger partial charge in [0.15, 0.2) is 0 Å². The lowest BCUT2D eigenvalue weighted by molar-refractivity contribution is -0.119.